The number of aromatic nitrogens is 2. The van der Waals surface area contributed by atoms with Crippen LogP contribution in [0.3, 0.4) is 0 Å². The third kappa shape index (κ3) is 3.61. The summed E-state index contributed by atoms with van der Waals surface area (Å²) in [5.74, 6) is 0.803. The van der Waals surface area contributed by atoms with Crippen LogP contribution < -0.4 is 4.90 Å². The first-order valence-electron chi connectivity index (χ1n) is 7.26. The van der Waals surface area contributed by atoms with Crippen molar-refractivity contribution in [2.45, 2.75) is 19.2 Å². The smallest absolute Gasteiger partial charge is 0.370 e. The van der Waals surface area contributed by atoms with E-state index in [4.69, 9.17) is 4.74 Å². The summed E-state index contributed by atoms with van der Waals surface area (Å²) in [5, 5.41) is 0. The van der Waals surface area contributed by atoms with Crippen LogP contribution in [-0.4, -0.2) is 29.7 Å². The van der Waals surface area contributed by atoms with Crippen molar-refractivity contribution in [3.05, 3.63) is 53.5 Å². The number of morpholine rings is 1. The molecular formula is C16H16F3N3O. The number of aryl methyl sites for hydroxylation is 1. The molecule has 1 fully saturated rings. The molecule has 2 heterocycles. The van der Waals surface area contributed by atoms with E-state index in [1.165, 1.54) is 18.5 Å². The van der Waals surface area contributed by atoms with Gasteiger partial charge in [0, 0.05) is 24.8 Å². The Kier molecular flexibility index (Phi) is 4.21. The largest absolute Gasteiger partial charge is 0.416 e. The van der Waals surface area contributed by atoms with Crippen LogP contribution in [-0.2, 0) is 10.9 Å². The Labute approximate surface area is 131 Å². The molecule has 23 heavy (non-hydrogen) atoms. The zero-order chi connectivity index (χ0) is 16.4. The fraction of sp³-hybridized carbons (Fsp3) is 0.375. The number of nitrogens with zero attached hydrogens (tertiary/aromatic N) is 3. The van der Waals surface area contributed by atoms with Gasteiger partial charge in [-0.1, -0.05) is 12.1 Å². The lowest BCUT2D eigenvalue weighted by Gasteiger charge is -2.34. The van der Waals surface area contributed by atoms with Gasteiger partial charge in [0.15, 0.2) is 0 Å². The zero-order valence-electron chi connectivity index (χ0n) is 12.5. The molecule has 2 aromatic rings. The van der Waals surface area contributed by atoms with Gasteiger partial charge in [-0.05, 0) is 24.6 Å². The minimum absolute atomic E-state index is 0.277. The van der Waals surface area contributed by atoms with Gasteiger partial charge >= 0.3 is 6.18 Å². The van der Waals surface area contributed by atoms with Crippen molar-refractivity contribution in [3.63, 3.8) is 0 Å². The van der Waals surface area contributed by atoms with Crippen molar-refractivity contribution in [2.75, 3.05) is 24.6 Å². The van der Waals surface area contributed by atoms with Gasteiger partial charge in [0.1, 0.15) is 18.2 Å². The molecule has 0 bridgehead atoms. The first kappa shape index (κ1) is 15.7. The fourth-order valence-corrected chi connectivity index (χ4v) is 2.56. The summed E-state index contributed by atoms with van der Waals surface area (Å²) in [6.07, 6.45) is -3.09. The summed E-state index contributed by atoms with van der Waals surface area (Å²) in [7, 11) is 0. The summed E-state index contributed by atoms with van der Waals surface area (Å²) < 4.78 is 43.6. The SMILES string of the molecule is Cc1cc(N2CCOC(c3ccc(C(F)(F)F)cc3)C2)ncn1. The maximum absolute atomic E-state index is 12.6. The van der Waals surface area contributed by atoms with Gasteiger partial charge in [0.05, 0.1) is 12.2 Å². The number of anilines is 1. The monoisotopic (exact) mass is 323 g/mol. The number of hydrogen-bond donors (Lipinski definition) is 0. The second-order valence-electron chi connectivity index (χ2n) is 5.44. The highest BCUT2D eigenvalue weighted by atomic mass is 19.4. The second-order valence-corrected chi connectivity index (χ2v) is 5.44. The lowest BCUT2D eigenvalue weighted by molar-refractivity contribution is -0.137. The van der Waals surface area contributed by atoms with Gasteiger partial charge in [-0.2, -0.15) is 13.2 Å². The Balaban J connectivity index is 1.76. The highest BCUT2D eigenvalue weighted by Gasteiger charge is 2.31. The quantitative estimate of drug-likeness (QED) is 0.849. The molecule has 1 aromatic heterocycles. The molecule has 0 radical (unpaired) electrons. The number of alkyl halides is 3. The van der Waals surface area contributed by atoms with Crippen LogP contribution in [0, 0.1) is 6.92 Å². The molecule has 1 aliphatic rings. The molecule has 0 saturated carbocycles. The normalized spacial score (nSPS) is 19.0. The van der Waals surface area contributed by atoms with E-state index in [9.17, 15) is 13.2 Å². The van der Waals surface area contributed by atoms with E-state index in [2.05, 4.69) is 14.9 Å². The lowest BCUT2D eigenvalue weighted by Crippen LogP contribution is -2.38. The van der Waals surface area contributed by atoms with Crippen molar-refractivity contribution >= 4 is 5.82 Å². The van der Waals surface area contributed by atoms with E-state index < -0.39 is 11.7 Å². The number of hydrogen-bond acceptors (Lipinski definition) is 4. The molecule has 7 heteroatoms. The summed E-state index contributed by atoms with van der Waals surface area (Å²) >= 11 is 0. The van der Waals surface area contributed by atoms with E-state index in [1.54, 1.807) is 0 Å². The van der Waals surface area contributed by atoms with Crippen molar-refractivity contribution in [2.24, 2.45) is 0 Å². The molecule has 3 rings (SSSR count). The molecule has 1 saturated heterocycles. The Morgan fingerprint density at radius 3 is 2.57 bits per heavy atom. The Morgan fingerprint density at radius 2 is 1.91 bits per heavy atom. The average molecular weight is 323 g/mol. The molecule has 0 amide bonds. The van der Waals surface area contributed by atoms with Gasteiger partial charge in [0.2, 0.25) is 0 Å². The van der Waals surface area contributed by atoms with Crippen molar-refractivity contribution in [3.8, 4) is 0 Å². The average Bonchev–Trinajstić information content (AvgIpc) is 2.54. The molecule has 0 aliphatic carbocycles. The van der Waals surface area contributed by atoms with E-state index in [0.29, 0.717) is 19.7 Å². The molecule has 1 aromatic carbocycles. The lowest BCUT2D eigenvalue weighted by atomic mass is 10.1. The third-order valence-electron chi connectivity index (χ3n) is 3.79. The van der Waals surface area contributed by atoms with Crippen LogP contribution in [0.1, 0.15) is 22.9 Å². The highest BCUT2D eigenvalue weighted by Crippen LogP contribution is 2.31. The van der Waals surface area contributed by atoms with E-state index in [-0.39, 0.29) is 6.10 Å². The standard InChI is InChI=1S/C16H16F3N3O/c1-11-8-15(21-10-20-11)22-6-7-23-14(9-22)12-2-4-13(5-3-12)16(17,18)19/h2-5,8,10,14H,6-7,9H2,1H3. The van der Waals surface area contributed by atoms with Crippen LogP contribution in [0.25, 0.3) is 0 Å². The molecule has 1 aliphatic heterocycles. The summed E-state index contributed by atoms with van der Waals surface area (Å²) in [5.41, 5.74) is 0.946. The van der Waals surface area contributed by atoms with Crippen LogP contribution in [0.4, 0.5) is 19.0 Å². The molecule has 4 nitrogen and oxygen atoms in total. The Hall–Kier alpha value is -2.15. The number of rotatable bonds is 2. The Bertz CT molecular complexity index is 673. The minimum Gasteiger partial charge on any atom is -0.370 e. The summed E-state index contributed by atoms with van der Waals surface area (Å²) in [4.78, 5) is 10.4. The highest BCUT2D eigenvalue weighted by molar-refractivity contribution is 5.40. The number of ether oxygens (including phenoxy) is 1. The van der Waals surface area contributed by atoms with Crippen molar-refractivity contribution in [1.82, 2.24) is 9.97 Å². The van der Waals surface area contributed by atoms with Crippen LogP contribution in [0.15, 0.2) is 36.7 Å². The topological polar surface area (TPSA) is 38.2 Å². The predicted octanol–water partition coefficient (Wildman–Crippen LogP) is 3.38. The molecule has 0 spiro atoms. The van der Waals surface area contributed by atoms with E-state index in [0.717, 1.165) is 29.2 Å². The predicted molar refractivity (Wildman–Crippen MR) is 79.1 cm³/mol. The maximum atomic E-state index is 12.6. The van der Waals surface area contributed by atoms with Gasteiger partial charge in [0.25, 0.3) is 0 Å². The minimum atomic E-state index is -4.32. The van der Waals surface area contributed by atoms with Crippen molar-refractivity contribution < 1.29 is 17.9 Å². The first-order chi connectivity index (χ1) is 10.9. The van der Waals surface area contributed by atoms with E-state index in [1.807, 2.05) is 13.0 Å². The maximum Gasteiger partial charge on any atom is 0.416 e. The molecule has 1 unspecified atom stereocenters. The molecule has 1 atom stereocenters. The van der Waals surface area contributed by atoms with Crippen molar-refractivity contribution in [1.29, 1.82) is 0 Å². The number of halogens is 3. The first-order valence-corrected chi connectivity index (χ1v) is 7.26. The van der Waals surface area contributed by atoms with Crippen LogP contribution >= 0.6 is 0 Å². The fourth-order valence-electron chi connectivity index (χ4n) is 2.56. The summed E-state index contributed by atoms with van der Waals surface area (Å²) in [6, 6.07) is 7.01. The van der Waals surface area contributed by atoms with E-state index >= 15 is 0 Å². The third-order valence-corrected chi connectivity index (χ3v) is 3.79. The van der Waals surface area contributed by atoms with Crippen LogP contribution in [0.2, 0.25) is 0 Å². The summed E-state index contributed by atoms with van der Waals surface area (Å²) in [6.45, 7) is 3.61. The number of benzene rings is 1. The second kappa shape index (κ2) is 6.16. The molecule has 122 valence electrons. The Morgan fingerprint density at radius 1 is 1.17 bits per heavy atom. The van der Waals surface area contributed by atoms with Gasteiger partial charge in [-0.15, -0.1) is 0 Å². The zero-order valence-corrected chi connectivity index (χ0v) is 12.5. The van der Waals surface area contributed by atoms with Gasteiger partial charge in [-0.3, -0.25) is 0 Å². The van der Waals surface area contributed by atoms with Gasteiger partial charge < -0.3 is 9.64 Å². The van der Waals surface area contributed by atoms with Gasteiger partial charge in [-0.25, -0.2) is 9.97 Å². The molecule has 0 N–H and O–H groups in total. The molecular weight excluding hydrogens is 307 g/mol. The van der Waals surface area contributed by atoms with Crippen LogP contribution in [0.5, 0.6) is 0 Å².